The minimum atomic E-state index is 0.924. The van der Waals surface area contributed by atoms with Gasteiger partial charge >= 0.3 is 0 Å². The molecule has 0 radical (unpaired) electrons. The molecule has 2 rings (SSSR count). The van der Waals surface area contributed by atoms with Crippen molar-refractivity contribution >= 4 is 5.70 Å². The fourth-order valence-corrected chi connectivity index (χ4v) is 1.66. The summed E-state index contributed by atoms with van der Waals surface area (Å²) in [6.45, 7) is 4.00. The van der Waals surface area contributed by atoms with E-state index < -0.39 is 0 Å². The van der Waals surface area contributed by atoms with Crippen molar-refractivity contribution < 1.29 is 0 Å². The summed E-state index contributed by atoms with van der Waals surface area (Å²) in [5, 5.41) is 3.08. The summed E-state index contributed by atoms with van der Waals surface area (Å²) in [6.07, 6.45) is 3.60. The molecule has 0 bridgehead atoms. The highest BCUT2D eigenvalue weighted by Crippen LogP contribution is 2.26. The monoisotopic (exact) mass is 210 g/mol. The first-order valence-electron chi connectivity index (χ1n) is 5.19. The molecule has 0 aliphatic carbocycles. The molecule has 0 saturated heterocycles. The largest absolute Gasteiger partial charge is 0.388 e. The van der Waals surface area contributed by atoms with Gasteiger partial charge in [-0.15, -0.1) is 0 Å². The van der Waals surface area contributed by atoms with Crippen molar-refractivity contribution in [2.45, 2.75) is 0 Å². The Kier molecular flexibility index (Phi) is 3.01. The van der Waals surface area contributed by atoms with E-state index in [1.165, 1.54) is 5.56 Å². The van der Waals surface area contributed by atoms with E-state index in [2.05, 4.69) is 29.0 Å². The highest BCUT2D eigenvalue weighted by Gasteiger charge is 2.05. The third-order valence-corrected chi connectivity index (χ3v) is 2.55. The zero-order valence-corrected chi connectivity index (χ0v) is 9.27. The van der Waals surface area contributed by atoms with Gasteiger partial charge in [-0.2, -0.15) is 0 Å². The highest BCUT2D eigenvalue weighted by atomic mass is 14.8. The molecule has 0 fully saturated rings. The summed E-state index contributed by atoms with van der Waals surface area (Å²) in [6, 6.07) is 12.2. The minimum absolute atomic E-state index is 0.924. The maximum absolute atomic E-state index is 4.03. The van der Waals surface area contributed by atoms with Gasteiger partial charge in [0.05, 0.1) is 0 Å². The van der Waals surface area contributed by atoms with Crippen LogP contribution in [0.5, 0.6) is 0 Å². The third-order valence-electron chi connectivity index (χ3n) is 2.55. The first-order chi connectivity index (χ1) is 7.83. The minimum Gasteiger partial charge on any atom is -0.388 e. The van der Waals surface area contributed by atoms with Gasteiger partial charge in [0, 0.05) is 30.7 Å². The Hall–Kier alpha value is -2.09. The van der Waals surface area contributed by atoms with Crippen LogP contribution in [0.25, 0.3) is 16.8 Å². The van der Waals surface area contributed by atoms with E-state index in [1.54, 1.807) is 12.4 Å². The second kappa shape index (κ2) is 4.62. The smallest absolute Gasteiger partial charge is 0.0344 e. The first-order valence-corrected chi connectivity index (χ1v) is 5.19. The predicted octanol–water partition coefficient (Wildman–Crippen LogP) is 2.94. The summed E-state index contributed by atoms with van der Waals surface area (Å²) in [5.41, 5.74) is 4.37. The number of benzene rings is 1. The Morgan fingerprint density at radius 1 is 1.12 bits per heavy atom. The second-order valence-corrected chi connectivity index (χ2v) is 3.51. The molecule has 0 aliphatic rings. The standard InChI is InChI=1S/C14H14N2/c1-11(15-2)13-5-3-4-6-14(13)12-7-9-16-10-8-12/h3-10,15H,1H2,2H3. The van der Waals surface area contributed by atoms with Gasteiger partial charge in [-0.25, -0.2) is 0 Å². The molecule has 2 nitrogen and oxygen atoms in total. The van der Waals surface area contributed by atoms with Crippen molar-refractivity contribution in [1.82, 2.24) is 10.3 Å². The van der Waals surface area contributed by atoms with Crippen LogP contribution < -0.4 is 5.32 Å². The van der Waals surface area contributed by atoms with Crippen LogP contribution in [0.3, 0.4) is 0 Å². The zero-order valence-electron chi connectivity index (χ0n) is 9.27. The Bertz CT molecular complexity index is 489. The van der Waals surface area contributed by atoms with Gasteiger partial charge in [0.1, 0.15) is 0 Å². The van der Waals surface area contributed by atoms with Crippen LogP contribution in [0, 0.1) is 0 Å². The molecule has 0 spiro atoms. The van der Waals surface area contributed by atoms with Crippen molar-refractivity contribution in [3.8, 4) is 11.1 Å². The van der Waals surface area contributed by atoms with Gasteiger partial charge in [0.2, 0.25) is 0 Å². The fraction of sp³-hybridized carbons (Fsp3) is 0.0714. The van der Waals surface area contributed by atoms with E-state index in [4.69, 9.17) is 0 Å². The first kappa shape index (κ1) is 10.4. The Labute approximate surface area is 95.7 Å². The number of rotatable bonds is 3. The number of pyridine rings is 1. The molecule has 16 heavy (non-hydrogen) atoms. The molecule has 1 aromatic carbocycles. The quantitative estimate of drug-likeness (QED) is 0.842. The highest BCUT2D eigenvalue weighted by molar-refractivity contribution is 5.79. The van der Waals surface area contributed by atoms with Crippen LogP contribution in [-0.2, 0) is 0 Å². The molecule has 1 heterocycles. The lowest BCUT2D eigenvalue weighted by Crippen LogP contribution is -2.04. The molecule has 0 unspecified atom stereocenters. The molecule has 2 heteroatoms. The normalized spacial score (nSPS) is 9.81. The van der Waals surface area contributed by atoms with Gasteiger partial charge in [-0.05, 0) is 23.3 Å². The Balaban J connectivity index is 2.53. The van der Waals surface area contributed by atoms with Gasteiger partial charge < -0.3 is 5.32 Å². The number of nitrogens with zero attached hydrogens (tertiary/aromatic N) is 1. The number of hydrogen-bond donors (Lipinski definition) is 1. The van der Waals surface area contributed by atoms with E-state index in [1.807, 2.05) is 31.3 Å². The summed E-state index contributed by atoms with van der Waals surface area (Å²) in [5.74, 6) is 0. The average molecular weight is 210 g/mol. The molecule has 2 aromatic rings. The molecule has 0 aliphatic heterocycles. The summed E-state index contributed by atoms with van der Waals surface area (Å²) < 4.78 is 0. The van der Waals surface area contributed by atoms with Crippen molar-refractivity contribution in [3.63, 3.8) is 0 Å². The number of nitrogens with one attached hydrogen (secondary N) is 1. The van der Waals surface area contributed by atoms with Crippen molar-refractivity contribution in [2.24, 2.45) is 0 Å². The number of aromatic nitrogens is 1. The van der Waals surface area contributed by atoms with Crippen molar-refractivity contribution in [2.75, 3.05) is 7.05 Å². The fourth-order valence-electron chi connectivity index (χ4n) is 1.66. The molecule has 0 amide bonds. The van der Waals surface area contributed by atoms with Gasteiger partial charge in [0.25, 0.3) is 0 Å². The SMILES string of the molecule is C=C(NC)c1ccccc1-c1ccncc1. The molecule has 80 valence electrons. The van der Waals surface area contributed by atoms with Crippen molar-refractivity contribution in [1.29, 1.82) is 0 Å². The molecule has 0 atom stereocenters. The average Bonchev–Trinajstić information content (AvgIpc) is 2.39. The van der Waals surface area contributed by atoms with E-state index >= 15 is 0 Å². The van der Waals surface area contributed by atoms with Gasteiger partial charge in [0.15, 0.2) is 0 Å². The molecule has 1 aromatic heterocycles. The second-order valence-electron chi connectivity index (χ2n) is 3.51. The lowest BCUT2D eigenvalue weighted by Gasteiger charge is -2.11. The van der Waals surface area contributed by atoms with Gasteiger partial charge in [-0.1, -0.05) is 30.8 Å². The summed E-state index contributed by atoms with van der Waals surface area (Å²) >= 11 is 0. The van der Waals surface area contributed by atoms with Crippen molar-refractivity contribution in [3.05, 3.63) is 60.9 Å². The zero-order chi connectivity index (χ0) is 11.4. The predicted molar refractivity (Wildman–Crippen MR) is 67.8 cm³/mol. The maximum atomic E-state index is 4.03. The Morgan fingerprint density at radius 3 is 2.50 bits per heavy atom. The molecular formula is C14H14N2. The van der Waals surface area contributed by atoms with Crippen LogP contribution in [0.2, 0.25) is 0 Å². The summed E-state index contributed by atoms with van der Waals surface area (Å²) in [7, 11) is 1.88. The topological polar surface area (TPSA) is 24.9 Å². The van der Waals surface area contributed by atoms with E-state index in [0.29, 0.717) is 0 Å². The summed E-state index contributed by atoms with van der Waals surface area (Å²) in [4.78, 5) is 4.03. The van der Waals surface area contributed by atoms with E-state index in [0.717, 1.165) is 16.8 Å². The maximum Gasteiger partial charge on any atom is 0.0344 e. The molecule has 0 saturated carbocycles. The lowest BCUT2D eigenvalue weighted by atomic mass is 9.99. The van der Waals surface area contributed by atoms with Gasteiger partial charge in [-0.3, -0.25) is 4.98 Å². The lowest BCUT2D eigenvalue weighted by molar-refractivity contribution is 1.13. The van der Waals surface area contributed by atoms with Crippen LogP contribution >= 0.6 is 0 Å². The van der Waals surface area contributed by atoms with E-state index in [-0.39, 0.29) is 0 Å². The molecule has 1 N–H and O–H groups in total. The van der Waals surface area contributed by atoms with Crippen LogP contribution in [0.4, 0.5) is 0 Å². The van der Waals surface area contributed by atoms with E-state index in [9.17, 15) is 0 Å². The van der Waals surface area contributed by atoms with Crippen LogP contribution in [0.1, 0.15) is 5.56 Å². The Morgan fingerprint density at radius 2 is 1.81 bits per heavy atom. The number of hydrogen-bond acceptors (Lipinski definition) is 2. The van der Waals surface area contributed by atoms with Crippen LogP contribution in [0.15, 0.2) is 55.4 Å². The van der Waals surface area contributed by atoms with Crippen LogP contribution in [-0.4, -0.2) is 12.0 Å². The molecular weight excluding hydrogens is 196 g/mol. The third kappa shape index (κ3) is 1.96.